The highest BCUT2D eigenvalue weighted by Crippen LogP contribution is 2.21. The zero-order valence-corrected chi connectivity index (χ0v) is 10.4. The Balaban J connectivity index is 2.82. The van der Waals surface area contributed by atoms with Gasteiger partial charge in [-0.1, -0.05) is 18.5 Å². The van der Waals surface area contributed by atoms with E-state index in [9.17, 15) is 0 Å². The van der Waals surface area contributed by atoms with E-state index >= 15 is 0 Å². The van der Waals surface area contributed by atoms with Gasteiger partial charge in [0.25, 0.3) is 0 Å². The maximum Gasteiger partial charge on any atom is 0.0452 e. The summed E-state index contributed by atoms with van der Waals surface area (Å²) in [6, 6.07) is 6.16. The van der Waals surface area contributed by atoms with Crippen molar-refractivity contribution in [3.05, 3.63) is 28.8 Å². The van der Waals surface area contributed by atoms with Crippen LogP contribution in [0.4, 0.5) is 5.69 Å². The Bertz CT molecular complexity index is 323. The van der Waals surface area contributed by atoms with Crippen LogP contribution in [0.5, 0.6) is 0 Å². The van der Waals surface area contributed by atoms with E-state index in [0.717, 1.165) is 29.4 Å². The summed E-state index contributed by atoms with van der Waals surface area (Å²) in [6.07, 6.45) is 0. The van der Waals surface area contributed by atoms with Crippen molar-refractivity contribution in [1.29, 1.82) is 0 Å². The zero-order chi connectivity index (χ0) is 11.4. The molecule has 0 aliphatic rings. The summed E-state index contributed by atoms with van der Waals surface area (Å²) in [5.74, 6) is 0. The number of hydrogen-bond acceptors (Lipinski definition) is 2. The average Bonchev–Trinajstić information content (AvgIpc) is 2.18. The van der Waals surface area contributed by atoms with Crippen LogP contribution >= 0.6 is 11.6 Å². The van der Waals surface area contributed by atoms with Crippen LogP contribution in [-0.4, -0.2) is 17.5 Å². The van der Waals surface area contributed by atoms with E-state index < -0.39 is 0 Å². The standard InChI is InChI=1S/C12H19ClN2/c1-4-15(9(2)3)8-10-7-11(14)5-6-12(10)13/h5-7,9H,4,8,14H2,1-3H3. The monoisotopic (exact) mass is 226 g/mol. The van der Waals surface area contributed by atoms with Crippen molar-refractivity contribution >= 4 is 17.3 Å². The number of anilines is 1. The van der Waals surface area contributed by atoms with Crippen molar-refractivity contribution in [3.63, 3.8) is 0 Å². The molecular formula is C12H19ClN2. The highest BCUT2D eigenvalue weighted by molar-refractivity contribution is 6.31. The summed E-state index contributed by atoms with van der Waals surface area (Å²) in [7, 11) is 0. The Morgan fingerprint density at radius 2 is 2.07 bits per heavy atom. The van der Waals surface area contributed by atoms with Crippen molar-refractivity contribution in [2.75, 3.05) is 12.3 Å². The van der Waals surface area contributed by atoms with Gasteiger partial charge in [0.1, 0.15) is 0 Å². The maximum absolute atomic E-state index is 6.12. The molecule has 0 radical (unpaired) electrons. The van der Waals surface area contributed by atoms with Gasteiger partial charge in [-0.15, -0.1) is 0 Å². The molecule has 0 fully saturated rings. The van der Waals surface area contributed by atoms with Gasteiger partial charge < -0.3 is 5.73 Å². The Morgan fingerprint density at radius 3 is 2.60 bits per heavy atom. The lowest BCUT2D eigenvalue weighted by molar-refractivity contribution is 0.225. The molecule has 0 saturated carbocycles. The van der Waals surface area contributed by atoms with Gasteiger partial charge >= 0.3 is 0 Å². The lowest BCUT2D eigenvalue weighted by Gasteiger charge is -2.25. The molecule has 2 nitrogen and oxygen atoms in total. The Kier molecular flexibility index (Phi) is 4.43. The van der Waals surface area contributed by atoms with Crippen LogP contribution in [-0.2, 0) is 6.54 Å². The molecule has 0 amide bonds. The summed E-state index contributed by atoms with van der Waals surface area (Å²) in [6.45, 7) is 8.40. The Labute approximate surface area is 97.0 Å². The molecule has 2 N–H and O–H groups in total. The molecule has 0 heterocycles. The molecule has 0 aliphatic heterocycles. The van der Waals surface area contributed by atoms with Gasteiger partial charge in [-0.3, -0.25) is 4.90 Å². The molecule has 0 saturated heterocycles. The SMILES string of the molecule is CCN(Cc1cc(N)ccc1Cl)C(C)C. The molecule has 3 heteroatoms. The minimum atomic E-state index is 0.521. The fourth-order valence-electron chi connectivity index (χ4n) is 1.59. The van der Waals surface area contributed by atoms with Gasteiger partial charge in [0.05, 0.1) is 0 Å². The first-order valence-electron chi connectivity index (χ1n) is 5.32. The first-order valence-corrected chi connectivity index (χ1v) is 5.70. The van der Waals surface area contributed by atoms with Crippen molar-refractivity contribution in [2.45, 2.75) is 33.4 Å². The highest BCUT2D eigenvalue weighted by Gasteiger charge is 2.10. The second-order valence-corrected chi connectivity index (χ2v) is 4.41. The predicted molar refractivity (Wildman–Crippen MR) is 67.1 cm³/mol. The van der Waals surface area contributed by atoms with Crippen LogP contribution in [0.3, 0.4) is 0 Å². The number of nitrogen functional groups attached to an aromatic ring is 1. The molecule has 84 valence electrons. The van der Waals surface area contributed by atoms with Crippen LogP contribution in [0.25, 0.3) is 0 Å². The first kappa shape index (κ1) is 12.3. The van der Waals surface area contributed by atoms with Crippen molar-refractivity contribution in [3.8, 4) is 0 Å². The van der Waals surface area contributed by atoms with E-state index in [2.05, 4.69) is 25.7 Å². The largest absolute Gasteiger partial charge is 0.399 e. The number of benzene rings is 1. The van der Waals surface area contributed by atoms with Crippen LogP contribution in [0.2, 0.25) is 5.02 Å². The number of hydrogen-bond donors (Lipinski definition) is 1. The van der Waals surface area contributed by atoms with Crippen LogP contribution in [0.1, 0.15) is 26.3 Å². The van der Waals surface area contributed by atoms with Crippen LogP contribution in [0.15, 0.2) is 18.2 Å². The van der Waals surface area contributed by atoms with Gasteiger partial charge in [-0.2, -0.15) is 0 Å². The Hall–Kier alpha value is -0.730. The van der Waals surface area contributed by atoms with Crippen molar-refractivity contribution in [1.82, 2.24) is 4.90 Å². The van der Waals surface area contributed by atoms with E-state index in [0.29, 0.717) is 6.04 Å². The number of nitrogens with zero attached hydrogens (tertiary/aromatic N) is 1. The molecule has 0 bridgehead atoms. The molecule has 0 aliphatic carbocycles. The molecule has 0 atom stereocenters. The molecule has 1 rings (SSSR count). The smallest absolute Gasteiger partial charge is 0.0452 e. The normalized spacial score (nSPS) is 11.3. The lowest BCUT2D eigenvalue weighted by Crippen LogP contribution is -2.30. The molecule has 1 aromatic carbocycles. The zero-order valence-electron chi connectivity index (χ0n) is 9.63. The van der Waals surface area contributed by atoms with E-state index in [-0.39, 0.29) is 0 Å². The van der Waals surface area contributed by atoms with E-state index in [1.165, 1.54) is 0 Å². The van der Waals surface area contributed by atoms with Gasteiger partial charge in [0.2, 0.25) is 0 Å². The average molecular weight is 227 g/mol. The van der Waals surface area contributed by atoms with Crippen LogP contribution in [0, 0.1) is 0 Å². The predicted octanol–water partition coefficient (Wildman–Crippen LogP) is 3.15. The summed E-state index contributed by atoms with van der Waals surface area (Å²) < 4.78 is 0. The third-order valence-corrected chi connectivity index (χ3v) is 2.95. The minimum Gasteiger partial charge on any atom is -0.399 e. The van der Waals surface area contributed by atoms with Gasteiger partial charge in [0.15, 0.2) is 0 Å². The molecule has 0 aromatic heterocycles. The van der Waals surface area contributed by atoms with Gasteiger partial charge in [-0.05, 0) is 44.2 Å². The van der Waals surface area contributed by atoms with E-state index in [1.807, 2.05) is 18.2 Å². The molecular weight excluding hydrogens is 208 g/mol. The lowest BCUT2D eigenvalue weighted by atomic mass is 10.1. The highest BCUT2D eigenvalue weighted by atomic mass is 35.5. The van der Waals surface area contributed by atoms with E-state index in [1.54, 1.807) is 0 Å². The summed E-state index contributed by atoms with van der Waals surface area (Å²) >= 11 is 6.12. The van der Waals surface area contributed by atoms with Crippen molar-refractivity contribution in [2.24, 2.45) is 0 Å². The number of rotatable bonds is 4. The second kappa shape index (κ2) is 5.38. The minimum absolute atomic E-state index is 0.521. The number of nitrogens with two attached hydrogens (primary N) is 1. The number of halogens is 1. The Morgan fingerprint density at radius 1 is 1.40 bits per heavy atom. The molecule has 1 aromatic rings. The molecule has 0 spiro atoms. The maximum atomic E-state index is 6.12. The molecule has 15 heavy (non-hydrogen) atoms. The third kappa shape index (κ3) is 3.40. The van der Waals surface area contributed by atoms with Crippen molar-refractivity contribution < 1.29 is 0 Å². The quantitative estimate of drug-likeness (QED) is 0.800. The van der Waals surface area contributed by atoms with Gasteiger partial charge in [0, 0.05) is 23.3 Å². The van der Waals surface area contributed by atoms with Crippen LogP contribution < -0.4 is 5.73 Å². The second-order valence-electron chi connectivity index (χ2n) is 4.01. The first-order chi connectivity index (χ1) is 7.04. The van der Waals surface area contributed by atoms with Gasteiger partial charge in [-0.25, -0.2) is 0 Å². The fraction of sp³-hybridized carbons (Fsp3) is 0.500. The molecule has 0 unspecified atom stereocenters. The summed E-state index contributed by atoms with van der Waals surface area (Å²) in [5.41, 5.74) is 7.62. The third-order valence-electron chi connectivity index (χ3n) is 2.58. The topological polar surface area (TPSA) is 29.3 Å². The van der Waals surface area contributed by atoms with E-state index in [4.69, 9.17) is 17.3 Å². The summed E-state index contributed by atoms with van der Waals surface area (Å²) in [5, 5.41) is 0.795. The fourth-order valence-corrected chi connectivity index (χ4v) is 1.77. The summed E-state index contributed by atoms with van der Waals surface area (Å²) in [4.78, 5) is 2.35.